The highest BCUT2D eigenvalue weighted by atomic mass is 32.1. The zero-order chi connectivity index (χ0) is 22.5. The summed E-state index contributed by atoms with van der Waals surface area (Å²) in [7, 11) is 1.58. The van der Waals surface area contributed by atoms with Gasteiger partial charge in [0.1, 0.15) is 11.3 Å². The maximum atomic E-state index is 13.2. The minimum Gasteiger partial charge on any atom is -0.494 e. The number of carbonyl (C=O) groups is 1. The van der Waals surface area contributed by atoms with Gasteiger partial charge < -0.3 is 4.74 Å². The van der Waals surface area contributed by atoms with Gasteiger partial charge in [0, 0.05) is 30.6 Å². The number of ether oxygens (including phenoxy) is 1. The number of hydrogen-bond donors (Lipinski definition) is 0. The fraction of sp³-hybridized carbons (Fsp3) is 0.0870. The molecule has 0 aliphatic carbocycles. The van der Waals surface area contributed by atoms with E-state index in [-0.39, 0.29) is 18.1 Å². The maximum absolute atomic E-state index is 13.2. The molecule has 0 bridgehead atoms. The van der Waals surface area contributed by atoms with Crippen LogP contribution >= 0.6 is 11.3 Å². The summed E-state index contributed by atoms with van der Waals surface area (Å²) in [4.78, 5) is 34.1. The van der Waals surface area contributed by atoms with Crippen molar-refractivity contribution in [3.8, 4) is 5.75 Å². The molecule has 0 saturated carbocycles. The molecule has 0 saturated heterocycles. The SMILES string of the molecule is COc1cccc2sc(N(Cc3cccnc3)C(=O)C=Cc3cccc([N+](=O)[O-])c3)nc12. The number of nitro groups is 1. The molecule has 2 heterocycles. The standard InChI is InChI=1S/C23H18N4O4S/c1-31-19-8-3-9-20-22(19)25-23(32-20)26(15-17-6-4-12-24-14-17)21(28)11-10-16-5-2-7-18(13-16)27(29)30/h2-14H,15H2,1H3. The summed E-state index contributed by atoms with van der Waals surface area (Å²) in [6, 6.07) is 15.4. The summed E-state index contributed by atoms with van der Waals surface area (Å²) in [6.07, 6.45) is 6.30. The molecule has 0 fully saturated rings. The molecule has 1 amide bonds. The van der Waals surface area contributed by atoms with Gasteiger partial charge in [-0.15, -0.1) is 0 Å². The third-order valence-corrected chi connectivity index (χ3v) is 5.69. The Balaban J connectivity index is 1.69. The van der Waals surface area contributed by atoms with Gasteiger partial charge in [0.2, 0.25) is 0 Å². The van der Waals surface area contributed by atoms with Crippen LogP contribution < -0.4 is 9.64 Å². The number of nitrogens with zero attached hydrogens (tertiary/aromatic N) is 4. The normalized spacial score (nSPS) is 11.0. The lowest BCUT2D eigenvalue weighted by Crippen LogP contribution is -2.28. The number of methoxy groups -OCH3 is 1. The maximum Gasteiger partial charge on any atom is 0.270 e. The molecular weight excluding hydrogens is 428 g/mol. The lowest BCUT2D eigenvalue weighted by molar-refractivity contribution is -0.384. The van der Waals surface area contributed by atoms with Gasteiger partial charge >= 0.3 is 0 Å². The molecule has 0 N–H and O–H groups in total. The van der Waals surface area contributed by atoms with Crippen LogP contribution in [-0.2, 0) is 11.3 Å². The fourth-order valence-electron chi connectivity index (χ4n) is 3.11. The highest BCUT2D eigenvalue weighted by Gasteiger charge is 2.20. The molecule has 0 atom stereocenters. The predicted molar refractivity (Wildman–Crippen MR) is 124 cm³/mol. The first kappa shape index (κ1) is 21.1. The van der Waals surface area contributed by atoms with Crippen molar-refractivity contribution in [2.75, 3.05) is 12.0 Å². The zero-order valence-electron chi connectivity index (χ0n) is 17.0. The van der Waals surface area contributed by atoms with Crippen molar-refractivity contribution in [3.05, 3.63) is 94.3 Å². The summed E-state index contributed by atoms with van der Waals surface area (Å²) in [6.45, 7) is 0.272. The number of pyridine rings is 1. The van der Waals surface area contributed by atoms with E-state index in [1.807, 2.05) is 24.3 Å². The van der Waals surface area contributed by atoms with E-state index in [0.29, 0.717) is 22.0 Å². The van der Waals surface area contributed by atoms with E-state index in [9.17, 15) is 14.9 Å². The Labute approximate surface area is 187 Å². The Morgan fingerprint density at radius 1 is 1.22 bits per heavy atom. The predicted octanol–water partition coefficient (Wildman–Crippen LogP) is 4.85. The van der Waals surface area contributed by atoms with Crippen molar-refractivity contribution >= 4 is 44.4 Å². The average Bonchev–Trinajstić information content (AvgIpc) is 3.26. The molecule has 2 aromatic heterocycles. The van der Waals surface area contributed by atoms with Crippen molar-refractivity contribution < 1.29 is 14.5 Å². The van der Waals surface area contributed by atoms with E-state index in [4.69, 9.17) is 4.74 Å². The lowest BCUT2D eigenvalue weighted by atomic mass is 10.2. The van der Waals surface area contributed by atoms with Crippen molar-refractivity contribution in [2.45, 2.75) is 6.54 Å². The Morgan fingerprint density at radius 3 is 2.81 bits per heavy atom. The van der Waals surface area contributed by atoms with Gasteiger partial charge in [0.25, 0.3) is 11.6 Å². The second-order valence-corrected chi connectivity index (χ2v) is 7.78. The molecule has 2 aromatic carbocycles. The fourth-order valence-corrected chi connectivity index (χ4v) is 4.09. The Kier molecular flexibility index (Phi) is 6.18. The molecule has 9 heteroatoms. The average molecular weight is 446 g/mol. The molecule has 0 unspecified atom stereocenters. The molecule has 4 rings (SSSR count). The number of non-ortho nitro benzene ring substituents is 1. The van der Waals surface area contributed by atoms with E-state index in [1.165, 1.54) is 29.5 Å². The van der Waals surface area contributed by atoms with Gasteiger partial charge in [0.15, 0.2) is 5.13 Å². The van der Waals surface area contributed by atoms with Crippen LogP contribution in [0.15, 0.2) is 73.1 Å². The number of benzene rings is 2. The molecular formula is C23H18N4O4S. The van der Waals surface area contributed by atoms with Crippen LogP contribution in [0.4, 0.5) is 10.8 Å². The largest absolute Gasteiger partial charge is 0.494 e. The summed E-state index contributed by atoms with van der Waals surface area (Å²) in [5.41, 5.74) is 2.04. The van der Waals surface area contributed by atoms with Crippen LogP contribution in [0.25, 0.3) is 16.3 Å². The van der Waals surface area contributed by atoms with Crippen LogP contribution in [0.2, 0.25) is 0 Å². The topological polar surface area (TPSA) is 98.5 Å². The summed E-state index contributed by atoms with van der Waals surface area (Å²) in [5.74, 6) is 0.323. The number of para-hydroxylation sites is 1. The number of nitro benzene ring substituents is 1. The highest BCUT2D eigenvalue weighted by Crippen LogP contribution is 2.34. The molecule has 160 valence electrons. The number of thiazole rings is 1. The molecule has 0 aliphatic heterocycles. The number of hydrogen-bond acceptors (Lipinski definition) is 7. The molecule has 32 heavy (non-hydrogen) atoms. The Bertz CT molecular complexity index is 1300. The van der Waals surface area contributed by atoms with Crippen molar-refractivity contribution in [1.82, 2.24) is 9.97 Å². The number of anilines is 1. The molecule has 0 spiro atoms. The highest BCUT2D eigenvalue weighted by molar-refractivity contribution is 7.22. The van der Waals surface area contributed by atoms with Gasteiger partial charge in [-0.1, -0.05) is 35.6 Å². The van der Waals surface area contributed by atoms with E-state index < -0.39 is 4.92 Å². The third-order valence-electron chi connectivity index (χ3n) is 4.65. The number of aromatic nitrogens is 2. The van der Waals surface area contributed by atoms with E-state index in [2.05, 4.69) is 9.97 Å². The van der Waals surface area contributed by atoms with Crippen molar-refractivity contribution in [1.29, 1.82) is 0 Å². The van der Waals surface area contributed by atoms with Crippen LogP contribution in [0.3, 0.4) is 0 Å². The first-order valence-corrected chi connectivity index (χ1v) is 10.4. The van der Waals surface area contributed by atoms with Gasteiger partial charge in [-0.25, -0.2) is 4.98 Å². The Hall–Kier alpha value is -4.11. The number of rotatable bonds is 7. The van der Waals surface area contributed by atoms with Crippen LogP contribution in [0.1, 0.15) is 11.1 Å². The summed E-state index contributed by atoms with van der Waals surface area (Å²) >= 11 is 1.38. The van der Waals surface area contributed by atoms with Crippen LogP contribution in [0, 0.1) is 10.1 Å². The van der Waals surface area contributed by atoms with E-state index in [0.717, 1.165) is 10.3 Å². The smallest absolute Gasteiger partial charge is 0.270 e. The minimum atomic E-state index is -0.470. The van der Waals surface area contributed by atoms with Crippen molar-refractivity contribution in [2.24, 2.45) is 0 Å². The molecule has 0 radical (unpaired) electrons. The van der Waals surface area contributed by atoms with Gasteiger partial charge in [-0.05, 0) is 35.4 Å². The van der Waals surface area contributed by atoms with Crippen LogP contribution in [0.5, 0.6) is 5.75 Å². The second kappa shape index (κ2) is 9.36. The first-order chi connectivity index (χ1) is 15.5. The van der Waals surface area contributed by atoms with Crippen molar-refractivity contribution in [3.63, 3.8) is 0 Å². The second-order valence-electron chi connectivity index (χ2n) is 6.77. The van der Waals surface area contributed by atoms with Gasteiger partial charge in [-0.2, -0.15) is 0 Å². The van der Waals surface area contributed by atoms with E-state index >= 15 is 0 Å². The lowest BCUT2D eigenvalue weighted by Gasteiger charge is -2.18. The molecule has 4 aromatic rings. The molecule has 0 aliphatic rings. The van der Waals surface area contributed by atoms with E-state index in [1.54, 1.807) is 48.7 Å². The number of carbonyl (C=O) groups excluding carboxylic acids is 1. The van der Waals surface area contributed by atoms with Gasteiger partial charge in [0.05, 0.1) is 23.3 Å². The number of amides is 1. The number of fused-ring (bicyclic) bond motifs is 1. The summed E-state index contributed by atoms with van der Waals surface area (Å²) < 4.78 is 6.29. The molecule has 8 nitrogen and oxygen atoms in total. The minimum absolute atomic E-state index is 0.0370. The Morgan fingerprint density at radius 2 is 2.06 bits per heavy atom. The first-order valence-electron chi connectivity index (χ1n) is 9.61. The third kappa shape index (κ3) is 4.62. The zero-order valence-corrected chi connectivity index (χ0v) is 17.9. The quantitative estimate of drug-likeness (QED) is 0.229. The van der Waals surface area contributed by atoms with Crippen LogP contribution in [-0.4, -0.2) is 27.9 Å². The monoisotopic (exact) mass is 446 g/mol. The van der Waals surface area contributed by atoms with Gasteiger partial charge in [-0.3, -0.25) is 24.8 Å². The summed E-state index contributed by atoms with van der Waals surface area (Å²) in [5, 5.41) is 11.5.